The first-order chi connectivity index (χ1) is 27.6. The Hall–Kier alpha value is -3.45. The van der Waals surface area contributed by atoms with Gasteiger partial charge in [-0.2, -0.15) is 0 Å². The van der Waals surface area contributed by atoms with Crippen molar-refractivity contribution in [2.24, 2.45) is 17.8 Å². The first-order valence-electron chi connectivity index (χ1n) is 20.8. The van der Waals surface area contributed by atoms with E-state index in [1.165, 1.54) is 5.56 Å². The lowest BCUT2D eigenvalue weighted by Gasteiger charge is -2.57. The molecule has 306 valence electrons. The largest absolute Gasteiger partial charge is 0.487 e. The van der Waals surface area contributed by atoms with Gasteiger partial charge in [0.1, 0.15) is 18.1 Å². The summed E-state index contributed by atoms with van der Waals surface area (Å²) in [6.07, 6.45) is 10.0. The number of methoxy groups -OCH3 is 1. The molecule has 3 aromatic carbocycles. The molecule has 0 radical (unpaired) electrons. The molecule has 6 atom stereocenters. The monoisotopic (exact) mass is 816 g/mol. The average molecular weight is 817 g/mol. The van der Waals surface area contributed by atoms with E-state index in [0.29, 0.717) is 42.4 Å². The summed E-state index contributed by atoms with van der Waals surface area (Å²) < 4.78 is 50.7. The second kappa shape index (κ2) is 17.4. The van der Waals surface area contributed by atoms with Crippen molar-refractivity contribution in [1.29, 1.82) is 0 Å². The Balaban J connectivity index is 1.20. The highest BCUT2D eigenvalue weighted by Crippen LogP contribution is 2.48. The Labute approximate surface area is 343 Å². The van der Waals surface area contributed by atoms with Crippen molar-refractivity contribution >= 4 is 33.2 Å². The molecule has 0 aromatic heterocycles. The van der Waals surface area contributed by atoms with Crippen molar-refractivity contribution in [3.63, 3.8) is 0 Å². The molecule has 1 N–H and O–H groups in total. The van der Waals surface area contributed by atoms with Crippen LogP contribution < -0.4 is 14.4 Å². The molecule has 3 aromatic rings. The summed E-state index contributed by atoms with van der Waals surface area (Å²) in [7, 11) is -2.28. The predicted molar refractivity (Wildman–Crippen MR) is 224 cm³/mol. The van der Waals surface area contributed by atoms with Crippen LogP contribution in [0.5, 0.6) is 5.75 Å². The molecule has 2 saturated heterocycles. The van der Waals surface area contributed by atoms with Gasteiger partial charge in [0.15, 0.2) is 0 Å². The van der Waals surface area contributed by atoms with E-state index in [4.69, 9.17) is 25.8 Å². The fourth-order valence-electron chi connectivity index (χ4n) is 9.90. The van der Waals surface area contributed by atoms with Gasteiger partial charge >= 0.3 is 0 Å². The van der Waals surface area contributed by atoms with E-state index >= 15 is 0 Å². The Morgan fingerprint density at radius 2 is 1.82 bits per heavy atom. The number of rotatable bonds is 4. The number of piperazine rings is 1. The second-order valence-electron chi connectivity index (χ2n) is 16.7. The molecule has 10 nitrogen and oxygen atoms in total. The molecular formula is C45H57ClN4O6S. The number of aryl methyl sites for hydroxylation is 1. The summed E-state index contributed by atoms with van der Waals surface area (Å²) in [5.74, 6) is 0.228. The maximum absolute atomic E-state index is 14.4. The van der Waals surface area contributed by atoms with E-state index in [1.807, 2.05) is 74.7 Å². The zero-order valence-corrected chi connectivity index (χ0v) is 34.9. The average Bonchev–Trinajstić information content (AvgIpc) is 3.23. The van der Waals surface area contributed by atoms with Crippen LogP contribution >= 0.6 is 11.6 Å². The molecule has 0 unspecified atom stereocenters. The van der Waals surface area contributed by atoms with Crippen LogP contribution in [0.15, 0.2) is 78.9 Å². The van der Waals surface area contributed by atoms with Gasteiger partial charge in [-0.15, -0.1) is 0 Å². The summed E-state index contributed by atoms with van der Waals surface area (Å²) in [6.45, 7) is 8.92. The van der Waals surface area contributed by atoms with E-state index in [2.05, 4.69) is 31.6 Å². The Kier molecular flexibility index (Phi) is 12.3. The highest BCUT2D eigenvalue weighted by Gasteiger charge is 2.52. The van der Waals surface area contributed by atoms with Gasteiger partial charge in [0.2, 0.25) is 10.0 Å². The minimum absolute atomic E-state index is 0.197. The SMILES string of the molecule is CO[C@]1(N2CCN3CCOC[C@@H]3C2)/C=C/C[C@H](C)[C@@H](Cc2ccccc2)S(=O)(=O)NC(=O)c2ccc3c(c2)N(CCCCc2cc(Cl)ccc2CO3)C[C@@H]2CC[C@H]21. The van der Waals surface area contributed by atoms with Crippen molar-refractivity contribution < 1.29 is 27.4 Å². The molecule has 0 spiro atoms. The molecule has 4 aliphatic heterocycles. The summed E-state index contributed by atoms with van der Waals surface area (Å²) in [6, 6.07) is 21.3. The van der Waals surface area contributed by atoms with Crippen LogP contribution in [0.1, 0.15) is 66.1 Å². The Bertz CT molecular complexity index is 2030. The topological polar surface area (TPSA) is 101 Å². The number of halogens is 1. The van der Waals surface area contributed by atoms with Crippen LogP contribution in [0.2, 0.25) is 5.02 Å². The number of anilines is 1. The number of hydrogen-bond acceptors (Lipinski definition) is 9. The summed E-state index contributed by atoms with van der Waals surface area (Å²) in [5.41, 5.74) is 3.58. The molecule has 57 heavy (non-hydrogen) atoms. The van der Waals surface area contributed by atoms with E-state index in [1.54, 1.807) is 6.07 Å². The zero-order valence-electron chi connectivity index (χ0n) is 33.3. The van der Waals surface area contributed by atoms with Gasteiger partial charge in [0.25, 0.3) is 5.91 Å². The van der Waals surface area contributed by atoms with Crippen molar-refractivity contribution in [3.05, 3.63) is 106 Å². The third-order valence-corrected chi connectivity index (χ3v) is 15.4. The van der Waals surface area contributed by atoms with E-state index < -0.39 is 26.9 Å². The van der Waals surface area contributed by atoms with Crippen LogP contribution in [0.25, 0.3) is 0 Å². The molecular weight excluding hydrogens is 760 g/mol. The van der Waals surface area contributed by atoms with Gasteiger partial charge in [-0.1, -0.05) is 61.0 Å². The van der Waals surface area contributed by atoms with Crippen molar-refractivity contribution in [2.45, 2.75) is 75.5 Å². The molecule has 1 aliphatic carbocycles. The fourth-order valence-corrected chi connectivity index (χ4v) is 11.8. The number of hydrogen-bond donors (Lipinski definition) is 1. The Morgan fingerprint density at radius 3 is 2.63 bits per heavy atom. The molecule has 3 fully saturated rings. The molecule has 12 heteroatoms. The lowest BCUT2D eigenvalue weighted by Crippen LogP contribution is -2.67. The third kappa shape index (κ3) is 8.66. The standard InChI is InChI=1S/C45H57ClN4O6S/c1-32-9-8-19-45(54-2,50-22-21-48-23-24-55-31-39(48)29-50)40-17-14-36(40)28-49-20-7-6-12-34-26-38(46)16-13-37(34)30-56-42-18-15-35(27-41(42)49)44(51)47-57(52,53)43(32)25-33-10-4-3-5-11-33/h3-5,8,10-11,13,15-16,18-19,26-27,32,36,39-40,43H,6-7,9,12,14,17,20-25,28-31H2,1-2H3,(H,47,51)/b19-8+/t32-,36-,39-,40+,43+,45+/m0/s1. The number of fused-ring (bicyclic) bond motifs is 4. The lowest BCUT2D eigenvalue weighted by atomic mass is 9.66. The maximum Gasteiger partial charge on any atom is 0.264 e. The fraction of sp³-hybridized carbons (Fsp3) is 0.533. The minimum Gasteiger partial charge on any atom is -0.487 e. The number of benzene rings is 3. The normalized spacial score (nSPS) is 30.5. The number of sulfonamides is 1. The lowest BCUT2D eigenvalue weighted by molar-refractivity contribution is -0.195. The van der Waals surface area contributed by atoms with Crippen LogP contribution in [0.3, 0.4) is 0 Å². The maximum atomic E-state index is 14.4. The number of allylic oxidation sites excluding steroid dienone is 1. The van der Waals surface area contributed by atoms with Gasteiger partial charge < -0.3 is 19.1 Å². The van der Waals surface area contributed by atoms with Crippen molar-refractivity contribution in [3.8, 4) is 5.75 Å². The number of carbonyl (C=O) groups excluding carboxylic acids is 1. The van der Waals surface area contributed by atoms with Crippen LogP contribution in [-0.2, 0) is 38.9 Å². The van der Waals surface area contributed by atoms with E-state index in [9.17, 15) is 13.2 Å². The van der Waals surface area contributed by atoms with Gasteiger partial charge in [-0.25, -0.2) is 13.1 Å². The molecule has 8 rings (SSSR count). The van der Waals surface area contributed by atoms with Crippen molar-refractivity contribution in [2.75, 3.05) is 64.5 Å². The van der Waals surface area contributed by atoms with Crippen molar-refractivity contribution in [1.82, 2.24) is 14.5 Å². The quantitative estimate of drug-likeness (QED) is 0.288. The molecule has 1 amide bonds. The molecule has 5 aliphatic rings. The number of nitrogens with one attached hydrogen (secondary N) is 1. The predicted octanol–water partition coefficient (Wildman–Crippen LogP) is 6.71. The number of ether oxygens (including phenoxy) is 3. The zero-order chi connectivity index (χ0) is 39.6. The number of nitrogens with zero attached hydrogens (tertiary/aromatic N) is 3. The highest BCUT2D eigenvalue weighted by atomic mass is 35.5. The smallest absolute Gasteiger partial charge is 0.264 e. The number of morpholine rings is 1. The molecule has 1 saturated carbocycles. The first kappa shape index (κ1) is 40.3. The van der Waals surface area contributed by atoms with Gasteiger partial charge in [0.05, 0.1) is 24.2 Å². The molecule has 2 bridgehead atoms. The second-order valence-corrected chi connectivity index (χ2v) is 19.1. The van der Waals surface area contributed by atoms with Gasteiger partial charge in [-0.05, 0) is 110 Å². The third-order valence-electron chi connectivity index (χ3n) is 13.3. The number of amides is 1. The minimum atomic E-state index is -4.12. The number of carbonyl (C=O) groups is 1. The van der Waals surface area contributed by atoms with E-state index in [0.717, 1.165) is 94.8 Å². The summed E-state index contributed by atoms with van der Waals surface area (Å²) in [4.78, 5) is 21.5. The first-order valence-corrected chi connectivity index (χ1v) is 22.7. The highest BCUT2D eigenvalue weighted by molar-refractivity contribution is 7.90. The van der Waals surface area contributed by atoms with Crippen LogP contribution in [0, 0.1) is 17.8 Å². The van der Waals surface area contributed by atoms with E-state index in [-0.39, 0.29) is 23.8 Å². The van der Waals surface area contributed by atoms with Gasteiger partial charge in [0, 0.05) is 68.9 Å². The Morgan fingerprint density at radius 1 is 0.965 bits per heavy atom. The van der Waals surface area contributed by atoms with Crippen LogP contribution in [-0.4, -0.2) is 101 Å². The van der Waals surface area contributed by atoms with Crippen LogP contribution in [0.4, 0.5) is 5.69 Å². The molecule has 4 heterocycles. The summed E-state index contributed by atoms with van der Waals surface area (Å²) >= 11 is 6.44. The van der Waals surface area contributed by atoms with Gasteiger partial charge in [-0.3, -0.25) is 14.6 Å². The summed E-state index contributed by atoms with van der Waals surface area (Å²) in [5, 5.41) is -0.142.